The number of aryl methyl sites for hydroxylation is 1. The molecule has 3 nitrogen and oxygen atoms in total. The van der Waals surface area contributed by atoms with Crippen molar-refractivity contribution in [1.29, 1.82) is 0 Å². The highest BCUT2D eigenvalue weighted by Gasteiger charge is 2.09. The first-order chi connectivity index (χ1) is 9.33. The lowest BCUT2D eigenvalue weighted by Crippen LogP contribution is -1.88. The quantitative estimate of drug-likeness (QED) is 0.770. The first kappa shape index (κ1) is 11.9. The number of nitrogens with one attached hydrogen (secondary N) is 1. The number of nitrogens with zero attached hydrogens (tertiary/aromatic N) is 2. The van der Waals surface area contributed by atoms with E-state index < -0.39 is 0 Å². The summed E-state index contributed by atoms with van der Waals surface area (Å²) in [5, 5.41) is 4.23. The lowest BCUT2D eigenvalue weighted by atomic mass is 10.2. The minimum absolute atomic E-state index is 0.905. The average Bonchev–Trinajstić information content (AvgIpc) is 2.82. The number of hydrogen-bond donors (Lipinski definition) is 1. The highest BCUT2D eigenvalue weighted by atomic mass is 32.1. The molecular formula is C15H13N3S. The first-order valence-electron chi connectivity index (χ1n) is 6.03. The summed E-state index contributed by atoms with van der Waals surface area (Å²) in [5.41, 5.74) is 3.18. The predicted molar refractivity (Wildman–Crippen MR) is 79.8 cm³/mol. The topological polar surface area (TPSA) is 37.8 Å². The number of rotatable bonds is 3. The van der Waals surface area contributed by atoms with Crippen LogP contribution in [0.5, 0.6) is 0 Å². The Labute approximate surface area is 116 Å². The van der Waals surface area contributed by atoms with E-state index >= 15 is 0 Å². The van der Waals surface area contributed by atoms with Crippen LogP contribution in [0, 0.1) is 6.92 Å². The van der Waals surface area contributed by atoms with Gasteiger partial charge in [-0.3, -0.25) is 4.98 Å². The van der Waals surface area contributed by atoms with Crippen molar-refractivity contribution in [2.24, 2.45) is 0 Å². The summed E-state index contributed by atoms with van der Waals surface area (Å²) >= 11 is 1.65. The van der Waals surface area contributed by atoms with Gasteiger partial charge in [0.25, 0.3) is 0 Å². The molecule has 0 bridgehead atoms. The van der Waals surface area contributed by atoms with Crippen LogP contribution in [-0.4, -0.2) is 9.97 Å². The smallest absolute Gasteiger partial charge is 0.187 e. The van der Waals surface area contributed by atoms with Gasteiger partial charge >= 0.3 is 0 Å². The maximum absolute atomic E-state index is 4.56. The molecule has 2 aromatic heterocycles. The minimum Gasteiger partial charge on any atom is -0.332 e. The monoisotopic (exact) mass is 267 g/mol. The van der Waals surface area contributed by atoms with Crippen molar-refractivity contribution >= 4 is 22.2 Å². The van der Waals surface area contributed by atoms with Gasteiger partial charge in [0, 0.05) is 23.6 Å². The van der Waals surface area contributed by atoms with Crippen LogP contribution in [0.25, 0.3) is 10.4 Å². The third kappa shape index (κ3) is 2.63. The van der Waals surface area contributed by atoms with Crippen LogP contribution < -0.4 is 5.32 Å². The van der Waals surface area contributed by atoms with Crippen molar-refractivity contribution in [3.63, 3.8) is 0 Å². The number of aromatic nitrogens is 2. The Bertz CT molecular complexity index is 662. The second-order valence-electron chi connectivity index (χ2n) is 4.17. The van der Waals surface area contributed by atoms with Crippen molar-refractivity contribution in [3.8, 4) is 10.4 Å². The van der Waals surface area contributed by atoms with Crippen LogP contribution in [0.15, 0.2) is 54.9 Å². The van der Waals surface area contributed by atoms with Crippen molar-refractivity contribution in [2.45, 2.75) is 6.92 Å². The lowest BCUT2D eigenvalue weighted by Gasteiger charge is -2.00. The molecule has 94 valence electrons. The molecule has 3 aromatic rings. The van der Waals surface area contributed by atoms with Crippen LogP contribution in [0.1, 0.15) is 5.69 Å². The Hall–Kier alpha value is -2.20. The third-order valence-electron chi connectivity index (χ3n) is 2.75. The maximum atomic E-state index is 4.56. The van der Waals surface area contributed by atoms with Gasteiger partial charge in [-0.2, -0.15) is 0 Å². The van der Waals surface area contributed by atoms with E-state index in [0.717, 1.165) is 27.0 Å². The summed E-state index contributed by atoms with van der Waals surface area (Å²) in [6.07, 6.45) is 3.65. The Balaban J connectivity index is 1.90. The van der Waals surface area contributed by atoms with Gasteiger partial charge in [-0.05, 0) is 25.1 Å². The minimum atomic E-state index is 0.905. The summed E-state index contributed by atoms with van der Waals surface area (Å²) in [4.78, 5) is 9.87. The van der Waals surface area contributed by atoms with Gasteiger partial charge in [0.15, 0.2) is 5.13 Å². The van der Waals surface area contributed by atoms with E-state index in [0.29, 0.717) is 0 Å². The molecule has 19 heavy (non-hydrogen) atoms. The Kier molecular flexibility index (Phi) is 3.25. The van der Waals surface area contributed by atoms with Crippen molar-refractivity contribution < 1.29 is 0 Å². The fourth-order valence-electron chi connectivity index (χ4n) is 1.86. The highest BCUT2D eigenvalue weighted by Crippen LogP contribution is 2.33. The van der Waals surface area contributed by atoms with Crippen molar-refractivity contribution in [3.05, 3.63) is 60.6 Å². The molecule has 1 N–H and O–H groups in total. The van der Waals surface area contributed by atoms with Gasteiger partial charge in [-0.15, -0.1) is 0 Å². The second kappa shape index (κ2) is 5.20. The highest BCUT2D eigenvalue weighted by molar-refractivity contribution is 7.19. The van der Waals surface area contributed by atoms with E-state index in [2.05, 4.69) is 21.4 Å². The zero-order valence-corrected chi connectivity index (χ0v) is 11.3. The molecule has 4 heteroatoms. The molecule has 0 aliphatic rings. The number of anilines is 2. The van der Waals surface area contributed by atoms with E-state index in [1.165, 1.54) is 0 Å². The van der Waals surface area contributed by atoms with Crippen LogP contribution in [-0.2, 0) is 0 Å². The molecule has 0 radical (unpaired) electrons. The first-order valence-corrected chi connectivity index (χ1v) is 6.84. The fourth-order valence-corrected chi connectivity index (χ4v) is 2.84. The molecule has 1 aromatic carbocycles. The molecule has 0 saturated heterocycles. The maximum Gasteiger partial charge on any atom is 0.187 e. The molecule has 0 aliphatic heterocycles. The summed E-state index contributed by atoms with van der Waals surface area (Å²) in [6, 6.07) is 14.1. The Morgan fingerprint density at radius 3 is 2.63 bits per heavy atom. The number of thiazole rings is 1. The van der Waals surface area contributed by atoms with Crippen LogP contribution in [0.3, 0.4) is 0 Å². The van der Waals surface area contributed by atoms with E-state index in [1.807, 2.05) is 49.5 Å². The summed E-state index contributed by atoms with van der Waals surface area (Å²) in [7, 11) is 0. The van der Waals surface area contributed by atoms with Crippen molar-refractivity contribution in [1.82, 2.24) is 9.97 Å². The van der Waals surface area contributed by atoms with Crippen molar-refractivity contribution in [2.75, 3.05) is 5.32 Å². The number of para-hydroxylation sites is 1. The Morgan fingerprint density at radius 1 is 1.05 bits per heavy atom. The van der Waals surface area contributed by atoms with Crippen LogP contribution >= 0.6 is 11.3 Å². The van der Waals surface area contributed by atoms with Gasteiger partial charge in [-0.25, -0.2) is 4.98 Å². The summed E-state index contributed by atoms with van der Waals surface area (Å²) < 4.78 is 0. The zero-order chi connectivity index (χ0) is 13.1. The van der Waals surface area contributed by atoms with E-state index in [-0.39, 0.29) is 0 Å². The van der Waals surface area contributed by atoms with Gasteiger partial charge < -0.3 is 5.32 Å². The zero-order valence-electron chi connectivity index (χ0n) is 10.5. The normalized spacial score (nSPS) is 10.4. The van der Waals surface area contributed by atoms with Gasteiger partial charge in [0.2, 0.25) is 0 Å². The molecule has 0 spiro atoms. The fraction of sp³-hybridized carbons (Fsp3) is 0.0667. The molecule has 3 rings (SSSR count). The van der Waals surface area contributed by atoms with Crippen LogP contribution in [0.2, 0.25) is 0 Å². The molecule has 0 amide bonds. The van der Waals surface area contributed by atoms with Gasteiger partial charge in [-0.1, -0.05) is 35.6 Å². The number of hydrogen-bond acceptors (Lipinski definition) is 4. The van der Waals surface area contributed by atoms with E-state index in [9.17, 15) is 0 Å². The van der Waals surface area contributed by atoms with Gasteiger partial charge in [0.1, 0.15) is 0 Å². The van der Waals surface area contributed by atoms with Gasteiger partial charge in [0.05, 0.1) is 10.6 Å². The van der Waals surface area contributed by atoms with Crippen LogP contribution in [0.4, 0.5) is 10.8 Å². The molecule has 2 heterocycles. The molecule has 0 unspecified atom stereocenters. The predicted octanol–water partition coefficient (Wildman–Crippen LogP) is 4.26. The Morgan fingerprint density at radius 2 is 1.89 bits per heavy atom. The standard InChI is InChI=1S/C15H13N3S/c1-11-14(12-6-5-9-16-10-12)19-15(17-11)18-13-7-3-2-4-8-13/h2-10H,1H3,(H,17,18). The molecule has 0 atom stereocenters. The SMILES string of the molecule is Cc1nc(Nc2ccccc2)sc1-c1cccnc1. The largest absolute Gasteiger partial charge is 0.332 e. The summed E-state index contributed by atoms with van der Waals surface area (Å²) in [6.45, 7) is 2.02. The van der Waals surface area contributed by atoms with E-state index in [1.54, 1.807) is 17.5 Å². The third-order valence-corrected chi connectivity index (χ3v) is 3.87. The molecule has 0 aliphatic carbocycles. The van der Waals surface area contributed by atoms with E-state index in [4.69, 9.17) is 0 Å². The number of benzene rings is 1. The molecule has 0 saturated carbocycles. The second-order valence-corrected chi connectivity index (χ2v) is 5.17. The lowest BCUT2D eigenvalue weighted by molar-refractivity contribution is 1.25. The molecular weight excluding hydrogens is 254 g/mol. The summed E-state index contributed by atoms with van der Waals surface area (Å²) in [5.74, 6) is 0. The number of pyridine rings is 1. The average molecular weight is 267 g/mol. The molecule has 0 fully saturated rings.